The Morgan fingerprint density at radius 1 is 0.458 bits per heavy atom. The third kappa shape index (κ3) is 2.47. The molecule has 0 aliphatic rings. The molecule has 0 saturated carbocycles. The molecule has 0 radical (unpaired) electrons. The molecule has 0 aliphatic carbocycles. The van der Waals surface area contributed by atoms with Crippen LogP contribution >= 0.6 is 0 Å². The quantitative estimate of drug-likeness (QED) is 0.338. The van der Waals surface area contributed by atoms with Crippen molar-refractivity contribution in [3.05, 3.63) is 71.8 Å². The van der Waals surface area contributed by atoms with Crippen LogP contribution in [0.2, 0.25) is 0 Å². The van der Waals surface area contributed by atoms with Gasteiger partial charge < -0.3 is 0 Å². The van der Waals surface area contributed by atoms with E-state index in [4.69, 9.17) is 0 Å². The van der Waals surface area contributed by atoms with E-state index in [9.17, 15) is 0 Å². The van der Waals surface area contributed by atoms with Crippen molar-refractivity contribution in [3.8, 4) is 0 Å². The first-order chi connectivity index (χ1) is 11.5. The van der Waals surface area contributed by atoms with Gasteiger partial charge >= 0.3 is 0 Å². The Balaban J connectivity index is 2.05. The maximum atomic E-state index is 2.41. The van der Waals surface area contributed by atoms with Gasteiger partial charge in [0.2, 0.25) is 0 Å². The fraction of sp³-hybridized carbons (Fsp3) is 0.250. The van der Waals surface area contributed by atoms with Crippen LogP contribution in [0.15, 0.2) is 60.7 Å². The van der Waals surface area contributed by atoms with E-state index in [0.717, 1.165) is 0 Å². The third-order valence-electron chi connectivity index (χ3n) is 5.11. The second-order valence-electron chi connectivity index (χ2n) is 7.54. The third-order valence-corrected chi connectivity index (χ3v) is 5.11. The highest BCUT2D eigenvalue weighted by Crippen LogP contribution is 2.33. The summed E-state index contributed by atoms with van der Waals surface area (Å²) in [6.07, 6.45) is 0. The molecule has 0 amide bonds. The van der Waals surface area contributed by atoms with Crippen LogP contribution in [-0.2, 0) is 0 Å². The van der Waals surface area contributed by atoms with E-state index in [1.165, 1.54) is 43.4 Å². The van der Waals surface area contributed by atoms with Crippen LogP contribution in [0.5, 0.6) is 0 Å². The Kier molecular flexibility index (Phi) is 3.57. The van der Waals surface area contributed by atoms with E-state index in [2.05, 4.69) is 88.4 Å². The standard InChI is InChI=1S/C24H24/c1-15(2)23-13-21-11-19-9-17-7-5-6-8-18(17)10-20(19)12-22(21)14-24(23)16(3)4/h5-16H,1-4H3. The molecule has 0 nitrogen and oxygen atoms in total. The highest BCUT2D eigenvalue weighted by atomic mass is 14.2. The van der Waals surface area contributed by atoms with Gasteiger partial charge in [0.15, 0.2) is 0 Å². The van der Waals surface area contributed by atoms with Gasteiger partial charge in [-0.3, -0.25) is 0 Å². The molecule has 0 N–H and O–H groups in total. The Morgan fingerprint density at radius 3 is 1.17 bits per heavy atom. The number of fused-ring (bicyclic) bond motifs is 3. The molecule has 0 atom stereocenters. The molecule has 0 heterocycles. The maximum absolute atomic E-state index is 2.41. The van der Waals surface area contributed by atoms with Crippen molar-refractivity contribution in [2.75, 3.05) is 0 Å². The molecule has 0 spiro atoms. The minimum Gasteiger partial charge on any atom is -0.0616 e. The normalized spacial score (nSPS) is 12.1. The predicted octanol–water partition coefficient (Wildman–Crippen LogP) is 7.39. The van der Waals surface area contributed by atoms with E-state index in [-0.39, 0.29) is 0 Å². The average molecular weight is 312 g/mol. The van der Waals surface area contributed by atoms with E-state index >= 15 is 0 Å². The predicted molar refractivity (Wildman–Crippen MR) is 107 cm³/mol. The van der Waals surface area contributed by atoms with Gasteiger partial charge in [0.1, 0.15) is 0 Å². The van der Waals surface area contributed by atoms with Gasteiger partial charge in [-0.15, -0.1) is 0 Å². The Morgan fingerprint density at radius 2 is 0.792 bits per heavy atom. The van der Waals surface area contributed by atoms with Gasteiger partial charge in [0, 0.05) is 0 Å². The van der Waals surface area contributed by atoms with Crippen LogP contribution in [0.3, 0.4) is 0 Å². The van der Waals surface area contributed by atoms with Gasteiger partial charge in [0.25, 0.3) is 0 Å². The van der Waals surface area contributed by atoms with Gasteiger partial charge in [-0.1, -0.05) is 64.1 Å². The van der Waals surface area contributed by atoms with Crippen molar-refractivity contribution in [1.82, 2.24) is 0 Å². The van der Waals surface area contributed by atoms with Crippen LogP contribution in [0.4, 0.5) is 0 Å². The number of hydrogen-bond donors (Lipinski definition) is 0. The van der Waals surface area contributed by atoms with Crippen LogP contribution in [0.25, 0.3) is 32.3 Å². The summed E-state index contributed by atoms with van der Waals surface area (Å²) < 4.78 is 0. The Labute approximate surface area is 144 Å². The van der Waals surface area contributed by atoms with E-state index < -0.39 is 0 Å². The molecule has 0 bridgehead atoms. The molecule has 4 aromatic rings. The fourth-order valence-corrected chi connectivity index (χ4v) is 3.78. The topological polar surface area (TPSA) is 0 Å². The zero-order valence-electron chi connectivity index (χ0n) is 14.9. The largest absolute Gasteiger partial charge is 0.0616 e. The smallest absolute Gasteiger partial charge is 0.0171 e. The molecular formula is C24H24. The van der Waals surface area contributed by atoms with Crippen LogP contribution < -0.4 is 0 Å². The molecule has 0 aliphatic heterocycles. The molecule has 24 heavy (non-hydrogen) atoms. The first kappa shape index (κ1) is 15.2. The van der Waals surface area contributed by atoms with Crippen molar-refractivity contribution in [3.63, 3.8) is 0 Å². The molecule has 0 fully saturated rings. The summed E-state index contributed by atoms with van der Waals surface area (Å²) in [7, 11) is 0. The summed E-state index contributed by atoms with van der Waals surface area (Å²) in [6.45, 7) is 9.17. The molecule has 4 rings (SSSR count). The van der Waals surface area contributed by atoms with E-state index in [0.29, 0.717) is 11.8 Å². The number of hydrogen-bond acceptors (Lipinski definition) is 0. The van der Waals surface area contributed by atoms with Crippen LogP contribution in [-0.4, -0.2) is 0 Å². The lowest BCUT2D eigenvalue weighted by Crippen LogP contribution is -1.98. The molecule has 0 aromatic heterocycles. The van der Waals surface area contributed by atoms with Crippen LogP contribution in [0, 0.1) is 0 Å². The van der Waals surface area contributed by atoms with Crippen molar-refractivity contribution in [2.45, 2.75) is 39.5 Å². The summed E-state index contributed by atoms with van der Waals surface area (Å²) >= 11 is 0. The Bertz CT molecular complexity index is 966. The molecule has 4 aromatic carbocycles. The van der Waals surface area contributed by atoms with Gasteiger partial charge in [0.05, 0.1) is 0 Å². The molecule has 0 unspecified atom stereocenters. The summed E-state index contributed by atoms with van der Waals surface area (Å²) in [5.41, 5.74) is 2.97. The maximum Gasteiger partial charge on any atom is -0.0171 e. The average Bonchev–Trinajstić information content (AvgIpc) is 2.56. The van der Waals surface area contributed by atoms with Crippen molar-refractivity contribution in [1.29, 1.82) is 0 Å². The molecular weight excluding hydrogens is 288 g/mol. The number of rotatable bonds is 2. The lowest BCUT2D eigenvalue weighted by atomic mass is 9.87. The molecule has 0 heteroatoms. The first-order valence-corrected chi connectivity index (χ1v) is 8.93. The van der Waals surface area contributed by atoms with E-state index in [1.54, 1.807) is 0 Å². The number of benzene rings is 4. The minimum absolute atomic E-state index is 0.555. The first-order valence-electron chi connectivity index (χ1n) is 8.93. The fourth-order valence-electron chi connectivity index (χ4n) is 3.78. The van der Waals surface area contributed by atoms with E-state index in [1.807, 2.05) is 0 Å². The zero-order chi connectivity index (χ0) is 16.8. The Hall–Kier alpha value is -2.34. The second-order valence-corrected chi connectivity index (χ2v) is 7.54. The second kappa shape index (κ2) is 5.63. The highest BCUT2D eigenvalue weighted by Gasteiger charge is 2.12. The van der Waals surface area contributed by atoms with Crippen molar-refractivity contribution < 1.29 is 0 Å². The van der Waals surface area contributed by atoms with Crippen LogP contribution in [0.1, 0.15) is 50.7 Å². The zero-order valence-corrected chi connectivity index (χ0v) is 14.9. The summed E-state index contributed by atoms with van der Waals surface area (Å²) in [5, 5.41) is 7.98. The van der Waals surface area contributed by atoms with Gasteiger partial charge in [-0.05, 0) is 79.5 Å². The lowest BCUT2D eigenvalue weighted by molar-refractivity contribution is 0.793. The SMILES string of the molecule is CC(C)c1cc2cc3cc4ccccc4cc3cc2cc1C(C)C. The van der Waals surface area contributed by atoms with Crippen molar-refractivity contribution >= 4 is 32.3 Å². The highest BCUT2D eigenvalue weighted by molar-refractivity contribution is 6.05. The summed E-state index contributed by atoms with van der Waals surface area (Å²) in [6, 6.07) is 22.8. The monoisotopic (exact) mass is 312 g/mol. The molecule has 120 valence electrons. The van der Waals surface area contributed by atoms with Gasteiger partial charge in [-0.2, -0.15) is 0 Å². The molecule has 0 saturated heterocycles. The van der Waals surface area contributed by atoms with Crippen molar-refractivity contribution in [2.24, 2.45) is 0 Å². The lowest BCUT2D eigenvalue weighted by Gasteiger charge is -2.18. The summed E-state index contributed by atoms with van der Waals surface area (Å²) in [5.74, 6) is 1.11. The summed E-state index contributed by atoms with van der Waals surface area (Å²) in [4.78, 5) is 0. The van der Waals surface area contributed by atoms with Gasteiger partial charge in [-0.25, -0.2) is 0 Å². The minimum atomic E-state index is 0.555.